The van der Waals surface area contributed by atoms with Crippen LogP contribution < -0.4 is 10.9 Å². The number of H-pyrrole nitrogens is 1. The van der Waals surface area contributed by atoms with Crippen molar-refractivity contribution in [2.24, 2.45) is 0 Å². The first-order valence-electron chi connectivity index (χ1n) is 7.39. The van der Waals surface area contributed by atoms with E-state index in [0.717, 1.165) is 5.39 Å². The predicted octanol–water partition coefficient (Wildman–Crippen LogP) is 3.89. The van der Waals surface area contributed by atoms with Crippen molar-refractivity contribution < 1.29 is 9.18 Å². The average molecular weight is 345 g/mol. The van der Waals surface area contributed by atoms with E-state index in [0.29, 0.717) is 21.8 Å². The summed E-state index contributed by atoms with van der Waals surface area (Å²) in [7, 11) is 0. The SMILES string of the molecule is O=C(CCc1cc2ccc(F)cc2[nH]c1=O)Nc1ccccc1Cl. The van der Waals surface area contributed by atoms with E-state index in [9.17, 15) is 14.0 Å². The molecule has 6 heteroatoms. The van der Waals surface area contributed by atoms with Gasteiger partial charge in [0, 0.05) is 12.0 Å². The number of para-hydroxylation sites is 1. The van der Waals surface area contributed by atoms with Crippen LogP contribution in [0.4, 0.5) is 10.1 Å². The second kappa shape index (κ2) is 6.84. The summed E-state index contributed by atoms with van der Waals surface area (Å²) in [4.78, 5) is 26.7. The maximum atomic E-state index is 13.2. The van der Waals surface area contributed by atoms with Gasteiger partial charge < -0.3 is 10.3 Å². The van der Waals surface area contributed by atoms with Gasteiger partial charge in [-0.3, -0.25) is 9.59 Å². The normalized spacial score (nSPS) is 10.8. The standard InChI is InChI=1S/C18H14ClFN2O2/c19-14-3-1-2-4-15(14)21-17(23)8-6-12-9-11-5-7-13(20)10-16(11)22-18(12)24/h1-5,7,9-10H,6,8H2,(H,21,23)(H,22,24). The molecule has 0 aliphatic rings. The van der Waals surface area contributed by atoms with Crippen molar-refractivity contribution in [3.05, 3.63) is 75.3 Å². The summed E-state index contributed by atoms with van der Waals surface area (Å²) in [5, 5.41) is 3.89. The Morgan fingerprint density at radius 2 is 1.96 bits per heavy atom. The van der Waals surface area contributed by atoms with Crippen LogP contribution in [0.5, 0.6) is 0 Å². The summed E-state index contributed by atoms with van der Waals surface area (Å²) in [6.45, 7) is 0. The van der Waals surface area contributed by atoms with E-state index in [1.165, 1.54) is 12.1 Å². The van der Waals surface area contributed by atoms with Gasteiger partial charge in [0.25, 0.3) is 5.56 Å². The fourth-order valence-electron chi connectivity index (χ4n) is 2.43. The van der Waals surface area contributed by atoms with Gasteiger partial charge >= 0.3 is 0 Å². The largest absolute Gasteiger partial charge is 0.325 e. The van der Waals surface area contributed by atoms with Crippen LogP contribution in [-0.2, 0) is 11.2 Å². The molecule has 3 rings (SSSR count). The van der Waals surface area contributed by atoms with Crippen molar-refractivity contribution in [1.82, 2.24) is 4.98 Å². The summed E-state index contributed by atoms with van der Waals surface area (Å²) >= 11 is 5.99. The van der Waals surface area contributed by atoms with E-state index >= 15 is 0 Å². The molecule has 0 aliphatic heterocycles. The summed E-state index contributed by atoms with van der Waals surface area (Å²) in [5.74, 6) is -0.647. The molecule has 0 fully saturated rings. The maximum absolute atomic E-state index is 13.2. The molecule has 0 spiro atoms. The third-order valence-electron chi connectivity index (χ3n) is 3.65. The molecule has 0 aliphatic carbocycles. The number of hydrogen-bond donors (Lipinski definition) is 2. The number of amides is 1. The minimum atomic E-state index is -0.412. The number of aromatic amines is 1. The quantitative estimate of drug-likeness (QED) is 0.754. The lowest BCUT2D eigenvalue weighted by Crippen LogP contribution is -2.17. The number of carbonyl (C=O) groups excluding carboxylic acids is 1. The zero-order valence-corrected chi connectivity index (χ0v) is 13.4. The van der Waals surface area contributed by atoms with Gasteiger partial charge in [-0.2, -0.15) is 0 Å². The molecule has 1 amide bonds. The fraction of sp³-hybridized carbons (Fsp3) is 0.111. The maximum Gasteiger partial charge on any atom is 0.251 e. The number of pyridine rings is 1. The summed E-state index contributed by atoms with van der Waals surface area (Å²) < 4.78 is 13.2. The van der Waals surface area contributed by atoms with Crippen LogP contribution in [0.1, 0.15) is 12.0 Å². The molecular formula is C18H14ClFN2O2. The number of aromatic nitrogens is 1. The van der Waals surface area contributed by atoms with Gasteiger partial charge in [0.2, 0.25) is 5.91 Å². The molecule has 0 bridgehead atoms. The molecular weight excluding hydrogens is 331 g/mol. The minimum Gasteiger partial charge on any atom is -0.325 e. The van der Waals surface area contributed by atoms with Crippen LogP contribution in [0.15, 0.2) is 53.3 Å². The molecule has 2 N–H and O–H groups in total. The van der Waals surface area contributed by atoms with Gasteiger partial charge in [0.15, 0.2) is 0 Å². The molecule has 0 unspecified atom stereocenters. The molecule has 0 saturated heterocycles. The molecule has 0 radical (unpaired) electrons. The number of nitrogens with one attached hydrogen (secondary N) is 2. The van der Waals surface area contributed by atoms with Gasteiger partial charge in [-0.1, -0.05) is 23.7 Å². The van der Waals surface area contributed by atoms with Gasteiger partial charge in [0.1, 0.15) is 5.82 Å². The Bertz CT molecular complexity index is 969. The van der Waals surface area contributed by atoms with Crippen molar-refractivity contribution in [3.8, 4) is 0 Å². The van der Waals surface area contributed by atoms with Gasteiger partial charge in [-0.05, 0) is 48.2 Å². The Kier molecular flexibility index (Phi) is 4.62. The molecule has 0 atom stereocenters. The first-order chi connectivity index (χ1) is 11.5. The smallest absolute Gasteiger partial charge is 0.251 e. The highest BCUT2D eigenvalue weighted by atomic mass is 35.5. The summed E-state index contributed by atoms with van der Waals surface area (Å²) in [6.07, 6.45) is 0.417. The van der Waals surface area contributed by atoms with Crippen molar-refractivity contribution >= 4 is 34.1 Å². The Morgan fingerprint density at radius 3 is 2.75 bits per heavy atom. The molecule has 0 saturated carbocycles. The van der Waals surface area contributed by atoms with Gasteiger partial charge in [0.05, 0.1) is 16.2 Å². The van der Waals surface area contributed by atoms with Gasteiger partial charge in [-0.15, -0.1) is 0 Å². The number of fused-ring (bicyclic) bond motifs is 1. The Balaban J connectivity index is 1.72. The molecule has 3 aromatic rings. The molecule has 1 heterocycles. The number of anilines is 1. The minimum absolute atomic E-state index is 0.140. The van der Waals surface area contributed by atoms with Crippen molar-refractivity contribution in [2.45, 2.75) is 12.8 Å². The first kappa shape index (κ1) is 16.2. The summed E-state index contributed by atoms with van der Waals surface area (Å²) in [6, 6.07) is 12.8. The number of carbonyl (C=O) groups is 1. The Morgan fingerprint density at radius 1 is 1.17 bits per heavy atom. The van der Waals surface area contributed by atoms with Crippen LogP contribution in [0.2, 0.25) is 5.02 Å². The second-order valence-electron chi connectivity index (χ2n) is 5.38. The highest BCUT2D eigenvalue weighted by Gasteiger charge is 2.09. The van der Waals surface area contributed by atoms with E-state index in [4.69, 9.17) is 11.6 Å². The lowest BCUT2D eigenvalue weighted by molar-refractivity contribution is -0.116. The number of hydrogen-bond acceptors (Lipinski definition) is 2. The van der Waals surface area contributed by atoms with E-state index in [1.807, 2.05) is 0 Å². The van der Waals surface area contributed by atoms with Crippen molar-refractivity contribution in [1.29, 1.82) is 0 Å². The van der Waals surface area contributed by atoms with E-state index in [2.05, 4.69) is 10.3 Å². The van der Waals surface area contributed by atoms with E-state index in [1.54, 1.807) is 36.4 Å². The zero-order valence-electron chi connectivity index (χ0n) is 12.6. The summed E-state index contributed by atoms with van der Waals surface area (Å²) in [5.41, 5.74) is 1.12. The Hall–Kier alpha value is -2.66. The fourth-order valence-corrected chi connectivity index (χ4v) is 2.61. The molecule has 122 valence electrons. The van der Waals surface area contributed by atoms with Crippen LogP contribution in [0, 0.1) is 5.82 Å². The highest BCUT2D eigenvalue weighted by molar-refractivity contribution is 6.33. The average Bonchev–Trinajstić information content (AvgIpc) is 2.55. The monoisotopic (exact) mass is 344 g/mol. The van der Waals surface area contributed by atoms with E-state index < -0.39 is 5.82 Å². The Labute approximate surface area is 142 Å². The number of halogens is 2. The van der Waals surface area contributed by atoms with Crippen molar-refractivity contribution in [3.63, 3.8) is 0 Å². The third kappa shape index (κ3) is 3.63. The predicted molar refractivity (Wildman–Crippen MR) is 92.9 cm³/mol. The lowest BCUT2D eigenvalue weighted by Gasteiger charge is -2.07. The number of aryl methyl sites for hydroxylation is 1. The van der Waals surface area contributed by atoms with Crippen LogP contribution in [0.25, 0.3) is 10.9 Å². The molecule has 1 aromatic heterocycles. The molecule has 24 heavy (non-hydrogen) atoms. The number of benzene rings is 2. The van der Waals surface area contributed by atoms with Crippen LogP contribution in [-0.4, -0.2) is 10.9 Å². The third-order valence-corrected chi connectivity index (χ3v) is 3.98. The van der Waals surface area contributed by atoms with Crippen molar-refractivity contribution in [2.75, 3.05) is 5.32 Å². The lowest BCUT2D eigenvalue weighted by atomic mass is 10.1. The number of rotatable bonds is 4. The second-order valence-corrected chi connectivity index (χ2v) is 5.79. The van der Waals surface area contributed by atoms with E-state index in [-0.39, 0.29) is 24.3 Å². The zero-order chi connectivity index (χ0) is 17.1. The van der Waals surface area contributed by atoms with Gasteiger partial charge in [-0.25, -0.2) is 4.39 Å². The molecule has 2 aromatic carbocycles. The first-order valence-corrected chi connectivity index (χ1v) is 7.76. The highest BCUT2D eigenvalue weighted by Crippen LogP contribution is 2.20. The van der Waals surface area contributed by atoms with Crippen LogP contribution >= 0.6 is 11.6 Å². The van der Waals surface area contributed by atoms with Crippen LogP contribution in [0.3, 0.4) is 0 Å². The molecule has 4 nitrogen and oxygen atoms in total. The topological polar surface area (TPSA) is 62.0 Å².